The summed E-state index contributed by atoms with van der Waals surface area (Å²) in [5.41, 5.74) is -0.958. The van der Waals surface area contributed by atoms with Gasteiger partial charge in [-0.2, -0.15) is 11.8 Å². The minimum atomic E-state index is -0.667. The van der Waals surface area contributed by atoms with Crippen LogP contribution in [0.15, 0.2) is 0 Å². The summed E-state index contributed by atoms with van der Waals surface area (Å²) >= 11 is 1.80. The molecule has 2 fully saturated rings. The van der Waals surface area contributed by atoms with Crippen molar-refractivity contribution in [2.75, 3.05) is 25.2 Å². The predicted octanol–water partition coefficient (Wildman–Crippen LogP) is 1.03. The fourth-order valence-corrected chi connectivity index (χ4v) is 4.11. The normalized spacial score (nSPS) is 46.2. The topological polar surface area (TPSA) is 49.7 Å². The van der Waals surface area contributed by atoms with Crippen molar-refractivity contribution in [1.29, 1.82) is 0 Å². The third kappa shape index (κ3) is 1.82. The number of hydrogen-bond donors (Lipinski definition) is 2. The molecule has 4 heteroatoms. The molecular weight excluding hydrogens is 212 g/mol. The second-order valence-electron chi connectivity index (χ2n) is 4.89. The van der Waals surface area contributed by atoms with E-state index < -0.39 is 5.60 Å². The third-order valence-electron chi connectivity index (χ3n) is 4.08. The zero-order chi connectivity index (χ0) is 10.9. The summed E-state index contributed by atoms with van der Waals surface area (Å²) in [6.07, 6.45) is 3.72. The van der Waals surface area contributed by atoms with E-state index in [1.165, 1.54) is 0 Å². The van der Waals surface area contributed by atoms with E-state index >= 15 is 0 Å². The van der Waals surface area contributed by atoms with E-state index in [1.54, 1.807) is 18.9 Å². The van der Waals surface area contributed by atoms with Crippen LogP contribution in [0.1, 0.15) is 25.7 Å². The van der Waals surface area contributed by atoms with Gasteiger partial charge in [-0.05, 0) is 31.4 Å². The van der Waals surface area contributed by atoms with E-state index in [4.69, 9.17) is 4.74 Å². The van der Waals surface area contributed by atoms with Crippen LogP contribution >= 0.6 is 11.8 Å². The number of rotatable bonds is 3. The molecule has 0 spiro atoms. The highest BCUT2D eigenvalue weighted by molar-refractivity contribution is 7.99. The van der Waals surface area contributed by atoms with Gasteiger partial charge in [-0.1, -0.05) is 0 Å². The van der Waals surface area contributed by atoms with Crippen LogP contribution in [0.3, 0.4) is 0 Å². The second-order valence-corrected chi connectivity index (χ2v) is 6.00. The molecule has 1 aliphatic carbocycles. The van der Waals surface area contributed by atoms with Crippen LogP contribution in [0.4, 0.5) is 0 Å². The molecule has 1 atom stereocenters. The molecular formula is C11H20O3S. The molecule has 0 bridgehead atoms. The van der Waals surface area contributed by atoms with Gasteiger partial charge in [0.25, 0.3) is 0 Å². The third-order valence-corrected chi connectivity index (χ3v) is 5.34. The van der Waals surface area contributed by atoms with Crippen LogP contribution in [0, 0.1) is 5.41 Å². The van der Waals surface area contributed by atoms with E-state index in [-0.39, 0.29) is 18.1 Å². The average molecular weight is 232 g/mol. The van der Waals surface area contributed by atoms with Crippen LogP contribution < -0.4 is 0 Å². The van der Waals surface area contributed by atoms with Gasteiger partial charge in [0.2, 0.25) is 0 Å². The Morgan fingerprint density at radius 2 is 2.20 bits per heavy atom. The van der Waals surface area contributed by atoms with Crippen LogP contribution in [0.25, 0.3) is 0 Å². The molecule has 2 rings (SSSR count). The van der Waals surface area contributed by atoms with Gasteiger partial charge >= 0.3 is 0 Å². The molecule has 2 aliphatic rings. The van der Waals surface area contributed by atoms with E-state index in [1.807, 2.05) is 0 Å². The minimum absolute atomic E-state index is 0.0872. The molecule has 0 amide bonds. The first-order valence-corrected chi connectivity index (χ1v) is 6.75. The average Bonchev–Trinajstić information content (AvgIpc) is 2.18. The Kier molecular flexibility index (Phi) is 3.31. The van der Waals surface area contributed by atoms with Crippen molar-refractivity contribution in [2.24, 2.45) is 5.41 Å². The summed E-state index contributed by atoms with van der Waals surface area (Å²) in [4.78, 5) is 0. The van der Waals surface area contributed by atoms with Crippen molar-refractivity contribution in [1.82, 2.24) is 0 Å². The zero-order valence-corrected chi connectivity index (χ0v) is 10.1. The van der Waals surface area contributed by atoms with Gasteiger partial charge in [-0.25, -0.2) is 0 Å². The SMILES string of the molecule is COC1CC(CO)(C2(O)CCCSC2)C1. The minimum Gasteiger partial charge on any atom is -0.396 e. The number of thioether (sulfide) groups is 1. The maximum absolute atomic E-state index is 10.6. The van der Waals surface area contributed by atoms with Gasteiger partial charge in [0, 0.05) is 18.3 Å². The van der Waals surface area contributed by atoms with Crippen LogP contribution in [0.2, 0.25) is 0 Å². The first-order valence-electron chi connectivity index (χ1n) is 5.60. The van der Waals surface area contributed by atoms with Crippen LogP contribution in [-0.2, 0) is 4.74 Å². The zero-order valence-electron chi connectivity index (χ0n) is 9.24. The Balaban J connectivity index is 2.06. The molecule has 3 nitrogen and oxygen atoms in total. The van der Waals surface area contributed by atoms with Gasteiger partial charge in [0.15, 0.2) is 0 Å². The first kappa shape index (κ1) is 11.7. The van der Waals surface area contributed by atoms with Gasteiger partial charge in [0.1, 0.15) is 0 Å². The molecule has 1 unspecified atom stereocenters. The van der Waals surface area contributed by atoms with Gasteiger partial charge in [-0.3, -0.25) is 0 Å². The molecule has 88 valence electrons. The van der Waals surface area contributed by atoms with Gasteiger partial charge in [0.05, 0.1) is 18.3 Å². The molecule has 0 aromatic heterocycles. The quantitative estimate of drug-likeness (QED) is 0.763. The maximum Gasteiger partial charge on any atom is 0.0817 e. The van der Waals surface area contributed by atoms with E-state index in [9.17, 15) is 10.2 Å². The van der Waals surface area contributed by atoms with E-state index in [2.05, 4.69) is 0 Å². The summed E-state index contributed by atoms with van der Waals surface area (Å²) in [5.74, 6) is 1.90. The Hall–Kier alpha value is 0.230. The Labute approximate surface area is 95.2 Å². The lowest BCUT2D eigenvalue weighted by molar-refractivity contribution is -0.191. The van der Waals surface area contributed by atoms with Crippen LogP contribution in [-0.4, -0.2) is 47.1 Å². The summed E-state index contributed by atoms with van der Waals surface area (Å²) in [5, 5.41) is 20.2. The summed E-state index contributed by atoms with van der Waals surface area (Å²) < 4.78 is 5.25. The van der Waals surface area contributed by atoms with Gasteiger partial charge in [-0.15, -0.1) is 0 Å². The smallest absolute Gasteiger partial charge is 0.0817 e. The predicted molar refractivity (Wildman–Crippen MR) is 61.1 cm³/mol. The lowest BCUT2D eigenvalue weighted by atomic mass is 9.57. The standard InChI is InChI=1S/C11H20O3S/c1-14-9-5-10(6-9,7-12)11(13)3-2-4-15-8-11/h9,12-13H,2-8H2,1H3. The molecule has 0 radical (unpaired) electrons. The lowest BCUT2D eigenvalue weighted by Crippen LogP contribution is -2.62. The molecule has 1 aliphatic heterocycles. The first-order chi connectivity index (χ1) is 7.16. The highest BCUT2D eigenvalue weighted by atomic mass is 32.2. The number of aliphatic hydroxyl groups excluding tert-OH is 1. The van der Waals surface area contributed by atoms with Crippen molar-refractivity contribution in [3.63, 3.8) is 0 Å². The Morgan fingerprint density at radius 1 is 1.47 bits per heavy atom. The van der Waals surface area contributed by atoms with Crippen molar-refractivity contribution in [3.05, 3.63) is 0 Å². The molecule has 0 aromatic carbocycles. The summed E-state index contributed by atoms with van der Waals surface area (Å²) in [6.45, 7) is 0.0872. The Morgan fingerprint density at radius 3 is 2.67 bits per heavy atom. The number of hydrogen-bond acceptors (Lipinski definition) is 4. The number of methoxy groups -OCH3 is 1. The van der Waals surface area contributed by atoms with Crippen molar-refractivity contribution >= 4 is 11.8 Å². The molecule has 15 heavy (non-hydrogen) atoms. The summed E-state index contributed by atoms with van der Waals surface area (Å²) in [7, 11) is 1.70. The monoisotopic (exact) mass is 232 g/mol. The van der Waals surface area contributed by atoms with Crippen molar-refractivity contribution in [2.45, 2.75) is 37.4 Å². The van der Waals surface area contributed by atoms with Crippen molar-refractivity contribution < 1.29 is 14.9 Å². The maximum atomic E-state index is 10.6. The second kappa shape index (κ2) is 4.24. The molecule has 1 heterocycles. The fraction of sp³-hybridized carbons (Fsp3) is 1.00. The van der Waals surface area contributed by atoms with Crippen LogP contribution in [0.5, 0.6) is 0 Å². The molecule has 1 saturated carbocycles. The molecule has 1 saturated heterocycles. The Bertz CT molecular complexity index is 220. The lowest BCUT2D eigenvalue weighted by Gasteiger charge is -2.56. The number of ether oxygens (including phenoxy) is 1. The van der Waals surface area contributed by atoms with E-state index in [0.29, 0.717) is 0 Å². The highest BCUT2D eigenvalue weighted by Gasteiger charge is 2.57. The molecule has 0 aromatic rings. The molecule has 2 N–H and O–H groups in total. The summed E-state index contributed by atoms with van der Waals surface area (Å²) in [6, 6.07) is 0. The largest absolute Gasteiger partial charge is 0.396 e. The fourth-order valence-electron chi connectivity index (χ4n) is 2.83. The number of aliphatic hydroxyl groups is 2. The highest BCUT2D eigenvalue weighted by Crippen LogP contribution is 2.54. The van der Waals surface area contributed by atoms with E-state index in [0.717, 1.165) is 37.2 Å². The van der Waals surface area contributed by atoms with Gasteiger partial charge < -0.3 is 14.9 Å². The van der Waals surface area contributed by atoms with Crippen molar-refractivity contribution in [3.8, 4) is 0 Å².